The van der Waals surface area contributed by atoms with Crippen molar-refractivity contribution in [2.45, 2.75) is 50.6 Å². The summed E-state index contributed by atoms with van der Waals surface area (Å²) in [6.07, 6.45) is 6.69. The highest BCUT2D eigenvalue weighted by Gasteiger charge is 2.34. The van der Waals surface area contributed by atoms with Crippen LogP contribution in [0.5, 0.6) is 0 Å². The molecular formula is C22H32N4O2. The molecule has 2 fully saturated rings. The Morgan fingerprint density at radius 2 is 1.64 bits per heavy atom. The zero-order chi connectivity index (χ0) is 19.5. The lowest BCUT2D eigenvalue weighted by Gasteiger charge is -2.43. The molecule has 6 heteroatoms. The van der Waals surface area contributed by atoms with Crippen LogP contribution in [0, 0.1) is 5.92 Å². The van der Waals surface area contributed by atoms with Crippen LogP contribution in [0.1, 0.15) is 36.8 Å². The van der Waals surface area contributed by atoms with Gasteiger partial charge in [-0.3, -0.25) is 19.4 Å². The van der Waals surface area contributed by atoms with Crippen LogP contribution in [-0.4, -0.2) is 66.4 Å². The number of rotatable bonds is 5. The van der Waals surface area contributed by atoms with Gasteiger partial charge in [-0.25, -0.2) is 0 Å². The van der Waals surface area contributed by atoms with E-state index in [1.165, 1.54) is 36.8 Å². The average molecular weight is 385 g/mol. The Labute approximate surface area is 167 Å². The molecule has 3 aliphatic rings. The maximum Gasteiger partial charge on any atom is 0.236 e. The highest BCUT2D eigenvalue weighted by atomic mass is 16.2. The maximum absolute atomic E-state index is 12.3. The van der Waals surface area contributed by atoms with Crippen molar-refractivity contribution >= 4 is 11.8 Å². The number of likely N-dealkylation sites (tertiary alicyclic amines) is 2. The molecule has 0 aromatic heterocycles. The van der Waals surface area contributed by atoms with Crippen LogP contribution in [0.25, 0.3) is 0 Å². The summed E-state index contributed by atoms with van der Waals surface area (Å²) in [7, 11) is 0. The lowest BCUT2D eigenvalue weighted by atomic mass is 9.92. The second-order valence-electron chi connectivity index (χ2n) is 8.62. The molecule has 0 saturated carbocycles. The van der Waals surface area contributed by atoms with E-state index in [1.54, 1.807) is 0 Å². The van der Waals surface area contributed by atoms with E-state index in [0.29, 0.717) is 12.1 Å². The molecule has 1 aliphatic carbocycles. The van der Waals surface area contributed by atoms with Crippen molar-refractivity contribution in [3.8, 4) is 0 Å². The molecule has 4 rings (SSSR count). The first-order chi connectivity index (χ1) is 13.6. The van der Waals surface area contributed by atoms with E-state index in [1.807, 2.05) is 0 Å². The fraction of sp³-hybridized carbons (Fsp3) is 0.636. The van der Waals surface area contributed by atoms with Crippen molar-refractivity contribution < 1.29 is 9.59 Å². The number of piperidine rings is 2. The Bertz CT molecular complexity index is 689. The van der Waals surface area contributed by atoms with Gasteiger partial charge in [0.25, 0.3) is 0 Å². The molecule has 2 aliphatic heterocycles. The quantitative estimate of drug-likeness (QED) is 0.792. The third-order valence-electron chi connectivity index (χ3n) is 6.82. The normalized spacial score (nSPS) is 24.8. The summed E-state index contributed by atoms with van der Waals surface area (Å²) >= 11 is 0. The van der Waals surface area contributed by atoms with Crippen LogP contribution in [0.15, 0.2) is 24.3 Å². The van der Waals surface area contributed by atoms with Crippen molar-refractivity contribution in [1.29, 1.82) is 0 Å². The number of carbonyl (C=O) groups is 2. The Kier molecular flexibility index (Phi) is 5.97. The number of nitrogens with one attached hydrogen (secondary N) is 1. The van der Waals surface area contributed by atoms with Gasteiger partial charge in [0.05, 0.1) is 12.5 Å². The largest absolute Gasteiger partial charge is 0.368 e. The zero-order valence-electron chi connectivity index (χ0n) is 16.6. The van der Waals surface area contributed by atoms with Gasteiger partial charge >= 0.3 is 0 Å². The fourth-order valence-electron chi connectivity index (χ4n) is 5.28. The third kappa shape index (κ3) is 4.39. The van der Waals surface area contributed by atoms with E-state index in [4.69, 9.17) is 5.73 Å². The predicted molar refractivity (Wildman–Crippen MR) is 109 cm³/mol. The number of amides is 2. The number of hydrogen-bond acceptors (Lipinski definition) is 4. The molecule has 1 aromatic rings. The molecule has 28 heavy (non-hydrogen) atoms. The summed E-state index contributed by atoms with van der Waals surface area (Å²) in [6, 6.07) is 10.1. The zero-order valence-corrected chi connectivity index (χ0v) is 16.6. The Balaban J connectivity index is 1.26. The van der Waals surface area contributed by atoms with Gasteiger partial charge in [0.1, 0.15) is 0 Å². The molecule has 1 aromatic carbocycles. The summed E-state index contributed by atoms with van der Waals surface area (Å²) in [5.41, 5.74) is 8.19. The van der Waals surface area contributed by atoms with Gasteiger partial charge in [-0.2, -0.15) is 0 Å². The van der Waals surface area contributed by atoms with E-state index in [-0.39, 0.29) is 18.4 Å². The monoisotopic (exact) mass is 384 g/mol. The van der Waals surface area contributed by atoms with E-state index in [9.17, 15) is 9.59 Å². The van der Waals surface area contributed by atoms with Crippen molar-refractivity contribution in [2.24, 2.45) is 11.7 Å². The minimum absolute atomic E-state index is 0.0181. The number of primary amides is 1. The molecule has 2 saturated heterocycles. The Morgan fingerprint density at radius 1 is 0.964 bits per heavy atom. The molecule has 152 valence electrons. The van der Waals surface area contributed by atoms with Gasteiger partial charge in [-0.15, -0.1) is 0 Å². The van der Waals surface area contributed by atoms with Gasteiger partial charge in [0.2, 0.25) is 11.8 Å². The molecule has 6 nitrogen and oxygen atoms in total. The van der Waals surface area contributed by atoms with Gasteiger partial charge in [-0.05, 0) is 69.3 Å². The molecule has 1 unspecified atom stereocenters. The molecule has 0 spiro atoms. The molecule has 0 bridgehead atoms. The van der Waals surface area contributed by atoms with Crippen LogP contribution >= 0.6 is 0 Å². The predicted octanol–water partition coefficient (Wildman–Crippen LogP) is 0.932. The number of nitrogens with zero attached hydrogens (tertiary/aromatic N) is 2. The Morgan fingerprint density at radius 3 is 2.29 bits per heavy atom. The topological polar surface area (TPSA) is 78.7 Å². The van der Waals surface area contributed by atoms with E-state index in [0.717, 1.165) is 39.0 Å². The average Bonchev–Trinajstić information content (AvgIpc) is 3.16. The van der Waals surface area contributed by atoms with E-state index < -0.39 is 5.91 Å². The van der Waals surface area contributed by atoms with Crippen LogP contribution in [0.3, 0.4) is 0 Å². The van der Waals surface area contributed by atoms with Crippen molar-refractivity contribution in [2.75, 3.05) is 32.7 Å². The number of fused-ring (bicyclic) bond motifs is 1. The fourth-order valence-corrected chi connectivity index (χ4v) is 5.28. The van der Waals surface area contributed by atoms with Crippen LogP contribution < -0.4 is 11.1 Å². The first kappa shape index (κ1) is 19.4. The van der Waals surface area contributed by atoms with Gasteiger partial charge in [0.15, 0.2) is 0 Å². The molecule has 2 amide bonds. The molecule has 2 heterocycles. The van der Waals surface area contributed by atoms with Crippen molar-refractivity contribution in [1.82, 2.24) is 15.1 Å². The van der Waals surface area contributed by atoms with Crippen LogP contribution in [0.2, 0.25) is 0 Å². The minimum Gasteiger partial charge on any atom is -0.368 e. The first-order valence-electron chi connectivity index (χ1n) is 10.7. The highest BCUT2D eigenvalue weighted by Crippen LogP contribution is 2.29. The summed E-state index contributed by atoms with van der Waals surface area (Å²) < 4.78 is 0. The van der Waals surface area contributed by atoms with Crippen LogP contribution in [0.4, 0.5) is 0 Å². The summed E-state index contributed by atoms with van der Waals surface area (Å²) in [5.74, 6) is -0.525. The van der Waals surface area contributed by atoms with Gasteiger partial charge in [0, 0.05) is 18.6 Å². The second-order valence-corrected chi connectivity index (χ2v) is 8.62. The second kappa shape index (κ2) is 8.62. The molecular weight excluding hydrogens is 352 g/mol. The summed E-state index contributed by atoms with van der Waals surface area (Å²) in [5, 5.41) is 2.68. The van der Waals surface area contributed by atoms with Crippen LogP contribution in [-0.2, 0) is 22.4 Å². The van der Waals surface area contributed by atoms with Crippen molar-refractivity contribution in [3.63, 3.8) is 0 Å². The Hall–Kier alpha value is -1.92. The number of carbonyl (C=O) groups excluding carboxylic acids is 2. The lowest BCUT2D eigenvalue weighted by Crippen LogP contribution is -2.52. The SMILES string of the molecule is NC(=O)CNC(=O)C1CCCN(C2CCN(C3Cc4ccccc4C3)CC2)C1. The summed E-state index contributed by atoms with van der Waals surface area (Å²) in [4.78, 5) is 28.4. The number of nitrogens with two attached hydrogens (primary N) is 1. The lowest BCUT2D eigenvalue weighted by molar-refractivity contribution is -0.129. The smallest absolute Gasteiger partial charge is 0.236 e. The molecule has 3 N–H and O–H groups in total. The van der Waals surface area contributed by atoms with Gasteiger partial charge in [-0.1, -0.05) is 24.3 Å². The van der Waals surface area contributed by atoms with Gasteiger partial charge < -0.3 is 11.1 Å². The van der Waals surface area contributed by atoms with E-state index >= 15 is 0 Å². The number of hydrogen-bond donors (Lipinski definition) is 2. The third-order valence-corrected chi connectivity index (χ3v) is 6.82. The molecule has 0 radical (unpaired) electrons. The number of benzene rings is 1. The summed E-state index contributed by atoms with van der Waals surface area (Å²) in [6.45, 7) is 4.14. The van der Waals surface area contributed by atoms with E-state index in [2.05, 4.69) is 39.4 Å². The maximum atomic E-state index is 12.3. The standard InChI is InChI=1S/C22H32N4O2/c23-21(27)14-24-22(28)18-6-3-9-26(15-18)19-7-10-25(11-8-19)20-12-16-4-1-2-5-17(16)13-20/h1-2,4-5,18-20H,3,6-15H2,(H2,23,27)(H,24,28). The minimum atomic E-state index is -0.484. The van der Waals surface area contributed by atoms with Crippen molar-refractivity contribution in [3.05, 3.63) is 35.4 Å². The highest BCUT2D eigenvalue weighted by molar-refractivity contribution is 5.85. The molecule has 1 atom stereocenters. The first-order valence-corrected chi connectivity index (χ1v) is 10.7.